The third kappa shape index (κ3) is 7.70. The van der Waals surface area contributed by atoms with Crippen molar-refractivity contribution in [2.24, 2.45) is 0 Å². The van der Waals surface area contributed by atoms with Gasteiger partial charge in [-0.25, -0.2) is 0 Å². The van der Waals surface area contributed by atoms with E-state index in [4.69, 9.17) is 25.8 Å². The van der Waals surface area contributed by atoms with Crippen LogP contribution in [0, 0.1) is 3.57 Å². The zero-order valence-electron chi connectivity index (χ0n) is 19.2. The van der Waals surface area contributed by atoms with Crippen LogP contribution in [0.5, 0.6) is 11.5 Å². The fourth-order valence-corrected chi connectivity index (χ4v) is 4.46. The Morgan fingerprint density at radius 2 is 1.64 bits per heavy atom. The third-order valence-electron chi connectivity index (χ3n) is 5.85. The number of morpholine rings is 1. The van der Waals surface area contributed by atoms with E-state index in [1.165, 1.54) is 0 Å². The second-order valence-electron chi connectivity index (χ2n) is 8.79. The first kappa shape index (κ1) is 26.5. The Balaban J connectivity index is 1.57. The van der Waals surface area contributed by atoms with E-state index in [0.29, 0.717) is 6.54 Å². The highest BCUT2D eigenvalue weighted by Gasteiger charge is 2.24. The van der Waals surface area contributed by atoms with Gasteiger partial charge >= 0.3 is 0 Å². The van der Waals surface area contributed by atoms with Crippen LogP contribution < -0.4 is 9.47 Å². The maximum absolute atomic E-state index is 10.3. The van der Waals surface area contributed by atoms with Crippen LogP contribution in [0.25, 0.3) is 0 Å². The lowest BCUT2D eigenvalue weighted by atomic mass is 9.78. The zero-order valence-corrected chi connectivity index (χ0v) is 22.1. The molecule has 182 valence electrons. The summed E-state index contributed by atoms with van der Waals surface area (Å²) in [5.41, 5.74) is 2.10. The van der Waals surface area contributed by atoms with Crippen LogP contribution in [0.4, 0.5) is 0 Å². The van der Waals surface area contributed by atoms with Crippen LogP contribution in [0.2, 0.25) is 0 Å². The largest absolute Gasteiger partial charge is 0.491 e. The van der Waals surface area contributed by atoms with Crippen molar-refractivity contribution < 1.29 is 24.4 Å². The van der Waals surface area contributed by atoms with Gasteiger partial charge in [-0.1, -0.05) is 32.0 Å². The molecule has 2 N–H and O–H groups in total. The Morgan fingerprint density at radius 3 is 2.27 bits per heavy atom. The molecule has 8 heteroatoms. The normalized spacial score (nSPS) is 16.9. The predicted octanol–water partition coefficient (Wildman–Crippen LogP) is 3.67. The molecule has 1 aliphatic rings. The number of alkyl halides is 1. The summed E-state index contributed by atoms with van der Waals surface area (Å²) in [7, 11) is 0. The second-order valence-corrected chi connectivity index (χ2v) is 10.3. The lowest BCUT2D eigenvalue weighted by Crippen LogP contribution is -2.42. The van der Waals surface area contributed by atoms with Gasteiger partial charge in [-0.15, -0.1) is 11.6 Å². The van der Waals surface area contributed by atoms with Crippen molar-refractivity contribution in [2.75, 3.05) is 51.9 Å². The number of nitrogens with zero attached hydrogens (tertiary/aromatic N) is 1. The Kier molecular flexibility index (Phi) is 10.1. The summed E-state index contributed by atoms with van der Waals surface area (Å²) in [4.78, 5) is 2.20. The number of hydrogen-bond donors (Lipinski definition) is 2. The van der Waals surface area contributed by atoms with Crippen LogP contribution >= 0.6 is 34.2 Å². The average molecular weight is 586 g/mol. The molecule has 0 saturated carbocycles. The van der Waals surface area contributed by atoms with Crippen LogP contribution in [0.1, 0.15) is 25.0 Å². The molecule has 1 fully saturated rings. The molecule has 0 bridgehead atoms. The maximum atomic E-state index is 10.3. The van der Waals surface area contributed by atoms with Crippen LogP contribution in [-0.2, 0) is 10.2 Å². The molecular weight excluding hydrogens is 553 g/mol. The third-order valence-corrected chi connectivity index (χ3v) is 7.05. The van der Waals surface area contributed by atoms with Crippen LogP contribution in [-0.4, -0.2) is 79.3 Å². The minimum Gasteiger partial charge on any atom is -0.491 e. The summed E-state index contributed by atoms with van der Waals surface area (Å²) >= 11 is 7.89. The minimum absolute atomic E-state index is 0.147. The molecule has 0 radical (unpaired) electrons. The zero-order chi connectivity index (χ0) is 23.8. The summed E-state index contributed by atoms with van der Waals surface area (Å²) in [6.45, 7) is 8.52. The van der Waals surface area contributed by atoms with Crippen molar-refractivity contribution in [1.82, 2.24) is 4.90 Å². The molecule has 1 saturated heterocycles. The number of aliphatic hydroxyl groups is 2. The molecule has 6 nitrogen and oxygen atoms in total. The maximum Gasteiger partial charge on any atom is 0.132 e. The molecule has 0 aromatic heterocycles. The summed E-state index contributed by atoms with van der Waals surface area (Å²) in [6.07, 6.45) is -1.22. The van der Waals surface area contributed by atoms with Gasteiger partial charge in [-0.05, 0) is 58.0 Å². The smallest absolute Gasteiger partial charge is 0.132 e. The van der Waals surface area contributed by atoms with Gasteiger partial charge in [-0.2, -0.15) is 0 Å². The molecule has 0 spiro atoms. The van der Waals surface area contributed by atoms with Crippen molar-refractivity contribution in [2.45, 2.75) is 31.5 Å². The average Bonchev–Trinajstić information content (AvgIpc) is 2.82. The Morgan fingerprint density at radius 1 is 1.00 bits per heavy atom. The van der Waals surface area contributed by atoms with Crippen molar-refractivity contribution in [3.8, 4) is 11.5 Å². The molecule has 2 aromatic carbocycles. The van der Waals surface area contributed by atoms with Gasteiger partial charge in [0.25, 0.3) is 0 Å². The van der Waals surface area contributed by atoms with Gasteiger partial charge in [0.1, 0.15) is 36.9 Å². The van der Waals surface area contributed by atoms with E-state index in [9.17, 15) is 10.2 Å². The standard InChI is InChI=1S/C25H33ClINO5/c1-25(2,19-5-8-24(23(27)13-19)33-16-20(29)14-26)18-3-6-22(7-4-18)32-17-21(30)15-28-9-11-31-12-10-28/h3-8,13,20-21,29-30H,9-12,14-17H2,1-2H3/t20-,21+/m0/s1/i27-4. The first-order chi connectivity index (χ1) is 15.8. The van der Waals surface area contributed by atoms with Crippen molar-refractivity contribution in [3.63, 3.8) is 0 Å². The number of aliphatic hydroxyl groups excluding tert-OH is 2. The monoisotopic (exact) mass is 585 g/mol. The Labute approximate surface area is 214 Å². The SMILES string of the molecule is CC(C)(c1ccc(OC[C@H](O)CN2CCOCC2)cc1)c1ccc(OC[C@@H](O)CCl)c([123I])c1. The lowest BCUT2D eigenvalue weighted by Gasteiger charge is -2.28. The summed E-state index contributed by atoms with van der Waals surface area (Å²) in [6, 6.07) is 14.1. The molecule has 3 rings (SSSR count). The lowest BCUT2D eigenvalue weighted by molar-refractivity contribution is 0.00465. The number of benzene rings is 2. The van der Waals surface area contributed by atoms with E-state index in [1.807, 2.05) is 18.2 Å². The molecule has 2 atom stereocenters. The quantitative estimate of drug-likeness (QED) is 0.310. The van der Waals surface area contributed by atoms with Crippen molar-refractivity contribution in [3.05, 3.63) is 57.2 Å². The summed E-state index contributed by atoms with van der Waals surface area (Å²) in [5.74, 6) is 1.62. The van der Waals surface area contributed by atoms with Crippen LogP contribution in [0.3, 0.4) is 0 Å². The van der Waals surface area contributed by atoms with Gasteiger partial charge in [0, 0.05) is 25.0 Å². The number of hydrogen-bond acceptors (Lipinski definition) is 6. The fourth-order valence-electron chi connectivity index (χ4n) is 3.70. The Bertz CT molecular complexity index is 874. The number of rotatable bonds is 11. The molecule has 33 heavy (non-hydrogen) atoms. The number of ether oxygens (including phenoxy) is 3. The summed E-state index contributed by atoms with van der Waals surface area (Å²) < 4.78 is 17.8. The van der Waals surface area contributed by atoms with E-state index in [2.05, 4.69) is 65.6 Å². The highest BCUT2D eigenvalue weighted by atomic mass is 123. The van der Waals surface area contributed by atoms with Gasteiger partial charge in [0.15, 0.2) is 0 Å². The molecule has 1 aliphatic heterocycles. The Hall–Kier alpha value is -1.10. The van der Waals surface area contributed by atoms with E-state index in [-0.39, 0.29) is 24.5 Å². The van der Waals surface area contributed by atoms with Crippen LogP contribution in [0.15, 0.2) is 42.5 Å². The highest BCUT2D eigenvalue weighted by molar-refractivity contribution is 14.1. The van der Waals surface area contributed by atoms with E-state index in [0.717, 1.165) is 52.5 Å². The van der Waals surface area contributed by atoms with Crippen molar-refractivity contribution in [1.29, 1.82) is 0 Å². The fraction of sp³-hybridized carbons (Fsp3) is 0.520. The van der Waals surface area contributed by atoms with Gasteiger partial charge in [0.2, 0.25) is 0 Å². The molecule has 1 heterocycles. The van der Waals surface area contributed by atoms with E-state index < -0.39 is 12.2 Å². The molecule has 0 unspecified atom stereocenters. The van der Waals surface area contributed by atoms with Gasteiger partial charge in [0.05, 0.1) is 22.7 Å². The van der Waals surface area contributed by atoms with Gasteiger partial charge < -0.3 is 24.4 Å². The predicted molar refractivity (Wildman–Crippen MR) is 139 cm³/mol. The first-order valence-electron chi connectivity index (χ1n) is 11.2. The molecular formula is C25H33ClINO5. The van der Waals surface area contributed by atoms with Crippen molar-refractivity contribution >= 4 is 34.2 Å². The molecule has 0 amide bonds. The minimum atomic E-state index is -0.681. The van der Waals surface area contributed by atoms with E-state index in [1.54, 1.807) is 0 Å². The first-order valence-corrected chi connectivity index (χ1v) is 12.8. The highest BCUT2D eigenvalue weighted by Crippen LogP contribution is 2.35. The molecule has 0 aliphatic carbocycles. The summed E-state index contributed by atoms with van der Waals surface area (Å²) in [5, 5.41) is 19.9. The van der Waals surface area contributed by atoms with E-state index >= 15 is 0 Å². The number of β-amino-alcohol motifs (C(OH)–C–C–N with tert-alkyl or cyclic N) is 1. The topological polar surface area (TPSA) is 71.4 Å². The molecule has 2 aromatic rings. The second kappa shape index (κ2) is 12.6. The number of halogens is 2. The van der Waals surface area contributed by atoms with Gasteiger partial charge in [-0.3, -0.25) is 4.90 Å².